The lowest BCUT2D eigenvalue weighted by Crippen LogP contribution is -2.21. The van der Waals surface area contributed by atoms with Crippen LogP contribution in [0.25, 0.3) is 0 Å². The van der Waals surface area contributed by atoms with E-state index in [1.54, 1.807) is 0 Å². The van der Waals surface area contributed by atoms with Gasteiger partial charge in [0.1, 0.15) is 7.14 Å². The van der Waals surface area contributed by atoms with Crippen molar-refractivity contribution in [1.82, 2.24) is 0 Å². The van der Waals surface area contributed by atoms with E-state index in [1.807, 2.05) is 30.3 Å². The van der Waals surface area contributed by atoms with Crippen molar-refractivity contribution in [1.29, 1.82) is 0 Å². The van der Waals surface area contributed by atoms with E-state index in [0.29, 0.717) is 0 Å². The minimum Gasteiger partial charge on any atom is -0.368 e. The summed E-state index contributed by atoms with van der Waals surface area (Å²) in [7, 11) is -2.24. The van der Waals surface area contributed by atoms with Gasteiger partial charge in [-0.25, -0.2) is 0 Å². The van der Waals surface area contributed by atoms with Gasteiger partial charge in [-0.2, -0.15) is 0 Å². The van der Waals surface area contributed by atoms with E-state index in [9.17, 15) is 4.57 Å². The van der Waals surface area contributed by atoms with E-state index < -0.39 is 7.14 Å². The van der Waals surface area contributed by atoms with Crippen LogP contribution in [0.15, 0.2) is 30.3 Å². The zero-order chi connectivity index (χ0) is 10.6. The fraction of sp³-hybridized carbons (Fsp3) is 0.500. The Bertz CT molecular complexity index is 411. The van der Waals surface area contributed by atoms with Gasteiger partial charge < -0.3 is 9.30 Å². The van der Waals surface area contributed by atoms with Crippen LogP contribution in [0.3, 0.4) is 0 Å². The van der Waals surface area contributed by atoms with Crippen LogP contribution in [0.5, 0.6) is 0 Å². The monoisotopic (exact) mass is 222 g/mol. The Kier molecular flexibility index (Phi) is 1.90. The second kappa shape index (κ2) is 2.96. The second-order valence-electron chi connectivity index (χ2n) is 4.59. The van der Waals surface area contributed by atoms with E-state index in [0.717, 1.165) is 5.30 Å². The molecule has 0 aromatic heterocycles. The fourth-order valence-corrected chi connectivity index (χ4v) is 6.52. The standard InChI is InChI=1S/C12H15O2P/c1-8-11-12(14-11)9(2)15(8,13)10-6-4-3-5-7-10/h3-9,11-12H,1-2H3/t8?,9?,11-,12+,15?. The highest BCUT2D eigenvalue weighted by molar-refractivity contribution is 7.73. The maximum Gasteiger partial charge on any atom is 0.126 e. The molecule has 3 unspecified atom stereocenters. The Hall–Kier alpha value is -0.590. The van der Waals surface area contributed by atoms with Crippen LogP contribution >= 0.6 is 7.14 Å². The zero-order valence-electron chi connectivity index (χ0n) is 8.96. The molecule has 3 heteroatoms. The van der Waals surface area contributed by atoms with E-state index >= 15 is 0 Å². The number of benzene rings is 1. The Morgan fingerprint density at radius 2 is 1.60 bits per heavy atom. The number of fused-ring (bicyclic) bond motifs is 1. The molecule has 2 heterocycles. The number of ether oxygens (including phenoxy) is 1. The van der Waals surface area contributed by atoms with E-state index in [-0.39, 0.29) is 23.5 Å². The van der Waals surface area contributed by atoms with Crippen LogP contribution in [-0.4, -0.2) is 23.5 Å². The van der Waals surface area contributed by atoms with Crippen LogP contribution in [0.1, 0.15) is 13.8 Å². The molecular formula is C12H15O2P. The molecule has 3 rings (SSSR count). The first-order valence-corrected chi connectivity index (χ1v) is 7.30. The Morgan fingerprint density at radius 1 is 1.07 bits per heavy atom. The first kappa shape index (κ1) is 9.62. The number of hydrogen-bond donors (Lipinski definition) is 0. The highest BCUT2D eigenvalue weighted by Crippen LogP contribution is 2.68. The molecular weight excluding hydrogens is 207 g/mol. The second-order valence-corrected chi connectivity index (χ2v) is 8.16. The summed E-state index contributed by atoms with van der Waals surface area (Å²) in [5, 5.41) is 1.03. The van der Waals surface area contributed by atoms with Crippen molar-refractivity contribution in [3.63, 3.8) is 0 Å². The molecule has 0 saturated carbocycles. The predicted octanol–water partition coefficient (Wildman–Crippen LogP) is 2.23. The van der Waals surface area contributed by atoms with Gasteiger partial charge >= 0.3 is 0 Å². The Labute approximate surface area is 90.0 Å². The molecule has 1 aromatic rings. The third-order valence-electron chi connectivity index (χ3n) is 3.88. The molecule has 2 nitrogen and oxygen atoms in total. The molecule has 0 bridgehead atoms. The molecule has 0 spiro atoms. The SMILES string of the molecule is CC1[C@H]2O[C@H]2C(C)P1(=O)c1ccccc1. The average molecular weight is 222 g/mol. The van der Waals surface area contributed by atoms with Gasteiger partial charge in [0.2, 0.25) is 0 Å². The largest absolute Gasteiger partial charge is 0.368 e. The summed E-state index contributed by atoms with van der Waals surface area (Å²) in [5.41, 5.74) is 0.389. The topological polar surface area (TPSA) is 29.6 Å². The van der Waals surface area contributed by atoms with Crippen LogP contribution in [0, 0.1) is 0 Å². The molecule has 2 fully saturated rings. The van der Waals surface area contributed by atoms with Gasteiger partial charge in [0.05, 0.1) is 12.2 Å². The van der Waals surface area contributed by atoms with Gasteiger partial charge in [0.25, 0.3) is 0 Å². The highest BCUT2D eigenvalue weighted by Gasteiger charge is 2.64. The average Bonchev–Trinajstić information content (AvgIpc) is 3.03. The number of epoxide rings is 1. The third kappa shape index (κ3) is 1.12. The lowest BCUT2D eigenvalue weighted by Gasteiger charge is -2.24. The molecule has 0 amide bonds. The van der Waals surface area contributed by atoms with Gasteiger partial charge in [0, 0.05) is 16.6 Å². The van der Waals surface area contributed by atoms with Crippen molar-refractivity contribution in [2.24, 2.45) is 0 Å². The predicted molar refractivity (Wildman–Crippen MR) is 61.3 cm³/mol. The fourth-order valence-electron chi connectivity index (χ4n) is 2.85. The molecule has 0 aliphatic carbocycles. The molecule has 0 N–H and O–H groups in total. The van der Waals surface area contributed by atoms with E-state index in [2.05, 4.69) is 13.8 Å². The maximum atomic E-state index is 13.0. The van der Waals surface area contributed by atoms with Crippen molar-refractivity contribution in [2.45, 2.75) is 37.4 Å². The number of rotatable bonds is 1. The molecule has 80 valence electrons. The summed E-state index contributed by atoms with van der Waals surface area (Å²) in [4.78, 5) is 0. The molecule has 2 aliphatic heterocycles. The first-order chi connectivity index (χ1) is 7.15. The van der Waals surface area contributed by atoms with Crippen molar-refractivity contribution >= 4 is 12.4 Å². The molecule has 0 radical (unpaired) electrons. The maximum absolute atomic E-state index is 13.0. The lowest BCUT2D eigenvalue weighted by molar-refractivity contribution is 0.349. The van der Waals surface area contributed by atoms with Crippen molar-refractivity contribution < 1.29 is 9.30 Å². The highest BCUT2D eigenvalue weighted by atomic mass is 31.2. The summed E-state index contributed by atoms with van der Waals surface area (Å²) in [6, 6.07) is 9.91. The zero-order valence-corrected chi connectivity index (χ0v) is 9.85. The third-order valence-corrected chi connectivity index (χ3v) is 8.00. The molecule has 15 heavy (non-hydrogen) atoms. The molecule has 2 aliphatic rings. The van der Waals surface area contributed by atoms with Crippen molar-refractivity contribution in [3.05, 3.63) is 30.3 Å². The van der Waals surface area contributed by atoms with Gasteiger partial charge in [-0.1, -0.05) is 44.2 Å². The first-order valence-electron chi connectivity index (χ1n) is 5.46. The normalized spacial score (nSPS) is 47.6. The van der Waals surface area contributed by atoms with Crippen molar-refractivity contribution in [3.8, 4) is 0 Å². The van der Waals surface area contributed by atoms with Gasteiger partial charge in [-0.15, -0.1) is 0 Å². The molecule has 2 saturated heterocycles. The Morgan fingerprint density at radius 3 is 2.13 bits per heavy atom. The Balaban J connectivity index is 2.08. The summed E-state index contributed by atoms with van der Waals surface area (Å²) < 4.78 is 18.6. The quantitative estimate of drug-likeness (QED) is 0.538. The van der Waals surface area contributed by atoms with Crippen LogP contribution in [-0.2, 0) is 9.30 Å². The van der Waals surface area contributed by atoms with Crippen LogP contribution in [0.4, 0.5) is 0 Å². The summed E-state index contributed by atoms with van der Waals surface area (Å²) in [6.07, 6.45) is 0.511. The number of hydrogen-bond acceptors (Lipinski definition) is 2. The van der Waals surface area contributed by atoms with Crippen LogP contribution < -0.4 is 5.30 Å². The molecule has 5 atom stereocenters. The van der Waals surface area contributed by atoms with E-state index in [1.165, 1.54) is 0 Å². The minimum absolute atomic E-state index is 0.194. The van der Waals surface area contributed by atoms with Gasteiger partial charge in [-0.05, 0) is 0 Å². The summed E-state index contributed by atoms with van der Waals surface area (Å²) in [5.74, 6) is 0. The van der Waals surface area contributed by atoms with Crippen molar-refractivity contribution in [2.75, 3.05) is 0 Å². The van der Waals surface area contributed by atoms with Crippen LogP contribution in [0.2, 0.25) is 0 Å². The summed E-state index contributed by atoms with van der Waals surface area (Å²) >= 11 is 0. The van der Waals surface area contributed by atoms with Gasteiger partial charge in [0.15, 0.2) is 0 Å². The lowest BCUT2D eigenvalue weighted by atomic mass is 10.2. The van der Waals surface area contributed by atoms with Gasteiger partial charge in [-0.3, -0.25) is 0 Å². The molecule has 1 aromatic carbocycles. The smallest absolute Gasteiger partial charge is 0.126 e. The minimum atomic E-state index is -2.24. The summed E-state index contributed by atoms with van der Waals surface area (Å²) in [6.45, 7) is 4.14. The van der Waals surface area contributed by atoms with E-state index in [4.69, 9.17) is 4.74 Å².